The summed E-state index contributed by atoms with van der Waals surface area (Å²) in [5.74, 6) is 1.02. The van der Waals surface area contributed by atoms with Crippen LogP contribution in [0.15, 0.2) is 60.1 Å². The lowest BCUT2D eigenvalue weighted by Crippen LogP contribution is -2.35. The van der Waals surface area contributed by atoms with Crippen LogP contribution in [0, 0.1) is 5.92 Å². The molecule has 8 heteroatoms. The third-order valence-corrected chi connectivity index (χ3v) is 7.19. The number of pyridine rings is 1. The molecular formula is C24H26N6OS. The van der Waals surface area contributed by atoms with Gasteiger partial charge >= 0.3 is 0 Å². The summed E-state index contributed by atoms with van der Waals surface area (Å²) in [6, 6.07) is 12.4. The van der Waals surface area contributed by atoms with Crippen LogP contribution < -0.4 is 5.32 Å². The minimum atomic E-state index is -0.260. The van der Waals surface area contributed by atoms with E-state index in [1.54, 1.807) is 12.4 Å². The molecule has 3 aromatic heterocycles. The van der Waals surface area contributed by atoms with Crippen molar-refractivity contribution >= 4 is 28.6 Å². The fourth-order valence-corrected chi connectivity index (χ4v) is 4.98. The Bertz CT molecular complexity index is 1230. The Morgan fingerprint density at radius 2 is 2.06 bits per heavy atom. The molecule has 5 rings (SSSR count). The summed E-state index contributed by atoms with van der Waals surface area (Å²) >= 11 is 1.51. The van der Waals surface area contributed by atoms with Crippen LogP contribution in [0.1, 0.15) is 38.3 Å². The number of rotatable bonds is 8. The normalized spacial score (nSPS) is 14.7. The van der Waals surface area contributed by atoms with Gasteiger partial charge in [-0.05, 0) is 36.5 Å². The first-order chi connectivity index (χ1) is 15.6. The third kappa shape index (κ3) is 4.14. The molecule has 1 aliphatic carbocycles. The van der Waals surface area contributed by atoms with Crippen molar-refractivity contribution in [1.82, 2.24) is 30.0 Å². The Hall–Kier alpha value is -3.13. The number of H-pyrrole nitrogens is 1. The molecule has 0 bridgehead atoms. The van der Waals surface area contributed by atoms with Gasteiger partial charge in [0.05, 0.1) is 5.25 Å². The zero-order chi connectivity index (χ0) is 22.1. The molecule has 0 radical (unpaired) electrons. The number of hydrogen-bond acceptors (Lipinski definition) is 5. The number of para-hydroxylation sites is 1. The highest BCUT2D eigenvalue weighted by molar-refractivity contribution is 8.00. The molecule has 1 amide bonds. The van der Waals surface area contributed by atoms with Gasteiger partial charge in [-0.25, -0.2) is 0 Å². The molecular weight excluding hydrogens is 420 g/mol. The molecule has 1 aromatic carbocycles. The lowest BCUT2D eigenvalue weighted by atomic mass is 10.1. The summed E-state index contributed by atoms with van der Waals surface area (Å²) < 4.78 is 2.23. The van der Waals surface area contributed by atoms with E-state index in [9.17, 15) is 4.79 Å². The summed E-state index contributed by atoms with van der Waals surface area (Å²) in [6.45, 7) is 4.60. The van der Waals surface area contributed by atoms with Gasteiger partial charge in [0.15, 0.2) is 11.0 Å². The number of fused-ring (bicyclic) bond motifs is 1. The Morgan fingerprint density at radius 3 is 2.81 bits per heavy atom. The Balaban J connectivity index is 1.40. The van der Waals surface area contributed by atoms with Crippen LogP contribution in [-0.4, -0.2) is 35.9 Å². The predicted octanol–water partition coefficient (Wildman–Crippen LogP) is 4.59. The molecule has 4 aromatic rings. The number of thioether (sulfide) groups is 1. The van der Waals surface area contributed by atoms with Crippen LogP contribution in [0.2, 0.25) is 0 Å². The van der Waals surface area contributed by atoms with Crippen LogP contribution in [0.5, 0.6) is 0 Å². The van der Waals surface area contributed by atoms with Gasteiger partial charge in [0.1, 0.15) is 0 Å². The van der Waals surface area contributed by atoms with Crippen LogP contribution in [0.4, 0.5) is 0 Å². The highest BCUT2D eigenvalue weighted by Crippen LogP contribution is 2.43. The maximum absolute atomic E-state index is 13.1. The standard InChI is InChI=1S/C24H26N6OS/c1-15(2)21(23(31)27-13-16-6-5-11-25-12-16)32-24-29-28-22(30(24)17-9-10-17)19-14-26-20-8-4-3-7-18(19)20/h3-8,11-12,14-15,17,21,26H,9-10,13H2,1-2H3,(H,27,31). The van der Waals surface area contributed by atoms with E-state index >= 15 is 0 Å². The first-order valence-corrected chi connectivity index (χ1v) is 11.8. The average Bonchev–Trinajstić information content (AvgIpc) is 3.42. The molecule has 7 nitrogen and oxygen atoms in total. The molecule has 0 saturated heterocycles. The van der Waals surface area contributed by atoms with E-state index in [4.69, 9.17) is 0 Å². The molecule has 164 valence electrons. The van der Waals surface area contributed by atoms with Gasteiger partial charge in [0.25, 0.3) is 0 Å². The third-order valence-electron chi connectivity index (χ3n) is 5.69. The largest absolute Gasteiger partial charge is 0.360 e. The summed E-state index contributed by atoms with van der Waals surface area (Å²) in [7, 11) is 0. The van der Waals surface area contributed by atoms with Crippen molar-refractivity contribution in [3.8, 4) is 11.4 Å². The van der Waals surface area contributed by atoms with Crippen molar-refractivity contribution in [2.45, 2.75) is 49.7 Å². The fourth-order valence-electron chi connectivity index (χ4n) is 3.86. The summed E-state index contributed by atoms with van der Waals surface area (Å²) in [4.78, 5) is 20.5. The topological polar surface area (TPSA) is 88.5 Å². The van der Waals surface area contributed by atoms with E-state index < -0.39 is 0 Å². The first-order valence-electron chi connectivity index (χ1n) is 11.0. The van der Waals surface area contributed by atoms with Crippen LogP contribution in [-0.2, 0) is 11.3 Å². The van der Waals surface area contributed by atoms with Crippen molar-refractivity contribution in [1.29, 1.82) is 0 Å². The highest BCUT2D eigenvalue weighted by Gasteiger charge is 2.33. The number of carbonyl (C=O) groups is 1. The van der Waals surface area contributed by atoms with Gasteiger partial charge in [0, 0.05) is 47.6 Å². The molecule has 2 N–H and O–H groups in total. The van der Waals surface area contributed by atoms with Gasteiger partial charge in [-0.2, -0.15) is 0 Å². The van der Waals surface area contributed by atoms with E-state index in [1.807, 2.05) is 30.5 Å². The second-order valence-electron chi connectivity index (χ2n) is 8.52. The number of carbonyl (C=O) groups excluding carboxylic acids is 1. The number of aromatic nitrogens is 5. The Morgan fingerprint density at radius 1 is 1.22 bits per heavy atom. The Kier molecular flexibility index (Phi) is 5.70. The van der Waals surface area contributed by atoms with Gasteiger partial charge in [-0.1, -0.05) is 49.9 Å². The van der Waals surface area contributed by atoms with Crippen LogP contribution in [0.25, 0.3) is 22.3 Å². The van der Waals surface area contributed by atoms with Crippen molar-refractivity contribution < 1.29 is 4.79 Å². The maximum atomic E-state index is 13.1. The summed E-state index contributed by atoms with van der Waals surface area (Å²) in [5.41, 5.74) is 3.11. The molecule has 1 unspecified atom stereocenters. The quantitative estimate of drug-likeness (QED) is 0.387. The lowest BCUT2D eigenvalue weighted by molar-refractivity contribution is -0.121. The van der Waals surface area contributed by atoms with Crippen molar-refractivity contribution in [3.05, 3.63) is 60.6 Å². The number of amides is 1. The molecule has 0 spiro atoms. The number of nitrogens with zero attached hydrogens (tertiary/aromatic N) is 4. The summed E-state index contributed by atoms with van der Waals surface area (Å²) in [6.07, 6.45) is 7.73. The molecule has 32 heavy (non-hydrogen) atoms. The zero-order valence-electron chi connectivity index (χ0n) is 18.2. The average molecular weight is 447 g/mol. The lowest BCUT2D eigenvalue weighted by Gasteiger charge is -2.20. The molecule has 1 atom stereocenters. The van der Waals surface area contributed by atoms with Gasteiger partial charge < -0.3 is 10.3 Å². The molecule has 1 fully saturated rings. The zero-order valence-corrected chi connectivity index (χ0v) is 19.0. The van der Waals surface area contributed by atoms with E-state index in [0.29, 0.717) is 12.6 Å². The van der Waals surface area contributed by atoms with Gasteiger partial charge in [-0.3, -0.25) is 14.3 Å². The van der Waals surface area contributed by atoms with E-state index in [1.165, 1.54) is 11.8 Å². The maximum Gasteiger partial charge on any atom is 0.234 e. The highest BCUT2D eigenvalue weighted by atomic mass is 32.2. The smallest absolute Gasteiger partial charge is 0.234 e. The van der Waals surface area contributed by atoms with Crippen LogP contribution >= 0.6 is 11.8 Å². The second-order valence-corrected chi connectivity index (χ2v) is 9.63. The van der Waals surface area contributed by atoms with Crippen molar-refractivity contribution in [2.24, 2.45) is 5.92 Å². The van der Waals surface area contributed by atoms with Crippen LogP contribution in [0.3, 0.4) is 0 Å². The number of benzene rings is 1. The molecule has 1 saturated carbocycles. The number of nitrogens with one attached hydrogen (secondary N) is 2. The molecule has 3 heterocycles. The summed E-state index contributed by atoms with van der Waals surface area (Å²) in [5, 5.41) is 13.8. The predicted molar refractivity (Wildman–Crippen MR) is 126 cm³/mol. The minimum Gasteiger partial charge on any atom is -0.360 e. The number of hydrogen-bond donors (Lipinski definition) is 2. The van der Waals surface area contributed by atoms with Gasteiger partial charge in [-0.15, -0.1) is 10.2 Å². The minimum absolute atomic E-state index is 0.00726. The van der Waals surface area contributed by atoms with E-state index in [2.05, 4.69) is 56.0 Å². The monoisotopic (exact) mass is 446 g/mol. The first kappa shape index (κ1) is 20.8. The van der Waals surface area contributed by atoms with E-state index in [-0.39, 0.29) is 17.1 Å². The number of aromatic amines is 1. The van der Waals surface area contributed by atoms with Crippen molar-refractivity contribution in [2.75, 3.05) is 0 Å². The van der Waals surface area contributed by atoms with Crippen molar-refractivity contribution in [3.63, 3.8) is 0 Å². The SMILES string of the molecule is CC(C)C(Sc1nnc(-c2c[nH]c3ccccc23)n1C1CC1)C(=O)NCc1cccnc1. The molecule has 1 aliphatic rings. The Labute approximate surface area is 191 Å². The van der Waals surface area contributed by atoms with E-state index in [0.717, 1.165) is 45.9 Å². The van der Waals surface area contributed by atoms with Gasteiger partial charge in [0.2, 0.25) is 5.91 Å². The molecule has 0 aliphatic heterocycles. The second kappa shape index (κ2) is 8.78. The fraction of sp³-hybridized carbons (Fsp3) is 0.333.